The quantitative estimate of drug-likeness (QED) is 0.389. The van der Waals surface area contributed by atoms with E-state index in [9.17, 15) is 0 Å². The highest BCUT2D eigenvalue weighted by Crippen LogP contribution is 2.34. The maximum atomic E-state index is 5.87. The van der Waals surface area contributed by atoms with E-state index in [-0.39, 0.29) is 5.25 Å². The van der Waals surface area contributed by atoms with Gasteiger partial charge in [0.25, 0.3) is 0 Å². The van der Waals surface area contributed by atoms with Gasteiger partial charge in [0.2, 0.25) is 0 Å². The molecule has 0 aromatic carbocycles. The molecule has 0 aliphatic rings. The second kappa shape index (κ2) is 9.28. The number of thioether (sulfide) groups is 2. The Balaban J connectivity index is 2.18. The van der Waals surface area contributed by atoms with Crippen LogP contribution < -0.4 is 5.73 Å². The monoisotopic (exact) mass is 362 g/mol. The van der Waals surface area contributed by atoms with Crippen molar-refractivity contribution in [3.05, 3.63) is 35.7 Å². The minimum absolute atomic E-state index is 0.181. The molecule has 130 valence electrons. The van der Waals surface area contributed by atoms with Crippen LogP contribution in [0, 0.1) is 0 Å². The predicted octanol–water partition coefficient (Wildman–Crippen LogP) is 5.32. The third kappa shape index (κ3) is 5.11. The molecule has 2 heterocycles. The van der Waals surface area contributed by atoms with Crippen LogP contribution >= 0.6 is 23.5 Å². The van der Waals surface area contributed by atoms with Crippen LogP contribution in [-0.2, 0) is 0 Å². The van der Waals surface area contributed by atoms with Gasteiger partial charge in [-0.1, -0.05) is 32.0 Å². The van der Waals surface area contributed by atoms with Crippen molar-refractivity contribution < 1.29 is 0 Å². The van der Waals surface area contributed by atoms with Gasteiger partial charge in [-0.25, -0.2) is 9.97 Å². The molecule has 0 saturated heterocycles. The van der Waals surface area contributed by atoms with Crippen molar-refractivity contribution in [2.24, 2.45) is 0 Å². The van der Waals surface area contributed by atoms with Crippen LogP contribution in [0.2, 0.25) is 0 Å². The first-order chi connectivity index (χ1) is 11.6. The summed E-state index contributed by atoms with van der Waals surface area (Å²) in [4.78, 5) is 13.4. The summed E-state index contributed by atoms with van der Waals surface area (Å²) in [6.07, 6.45) is 7.50. The fraction of sp³-hybridized carbons (Fsp3) is 0.500. The average molecular weight is 363 g/mol. The Morgan fingerprint density at radius 2 is 2.00 bits per heavy atom. The molecule has 2 atom stereocenters. The van der Waals surface area contributed by atoms with E-state index in [1.807, 2.05) is 12.5 Å². The zero-order chi connectivity index (χ0) is 17.5. The lowest BCUT2D eigenvalue weighted by Gasteiger charge is -2.17. The van der Waals surface area contributed by atoms with Gasteiger partial charge in [0.05, 0.1) is 10.9 Å². The van der Waals surface area contributed by atoms with E-state index in [1.54, 1.807) is 29.6 Å². The van der Waals surface area contributed by atoms with Gasteiger partial charge >= 0.3 is 0 Å². The van der Waals surface area contributed by atoms with Crippen molar-refractivity contribution in [1.29, 1.82) is 0 Å². The Morgan fingerprint density at radius 1 is 1.21 bits per heavy atom. The number of nitrogens with two attached hydrogens (primary N) is 1. The molecule has 6 heteroatoms. The van der Waals surface area contributed by atoms with E-state index < -0.39 is 0 Å². The fourth-order valence-electron chi connectivity index (χ4n) is 2.69. The number of nitrogen functional groups attached to an aromatic ring is 1. The molecule has 2 N–H and O–H groups in total. The zero-order valence-corrected chi connectivity index (χ0v) is 16.5. The molecule has 4 nitrogen and oxygen atoms in total. The van der Waals surface area contributed by atoms with E-state index >= 15 is 0 Å². The van der Waals surface area contributed by atoms with Gasteiger partial charge in [-0.2, -0.15) is 0 Å². The minimum Gasteiger partial charge on any atom is -0.384 e. The molecule has 0 amide bonds. The molecule has 24 heavy (non-hydrogen) atoms. The summed E-state index contributed by atoms with van der Waals surface area (Å²) in [5.41, 5.74) is 8.33. The molecule has 0 saturated carbocycles. The summed E-state index contributed by atoms with van der Waals surface area (Å²) >= 11 is 3.18. The molecular weight excluding hydrogens is 336 g/mol. The van der Waals surface area contributed by atoms with Crippen LogP contribution in [0.15, 0.2) is 34.6 Å². The fourth-order valence-corrected chi connectivity index (χ4v) is 4.04. The Bertz CT molecular complexity index is 663. The second-order valence-electron chi connectivity index (χ2n) is 5.79. The molecule has 0 aliphatic heterocycles. The first kappa shape index (κ1) is 19.1. The van der Waals surface area contributed by atoms with Crippen molar-refractivity contribution in [2.75, 3.05) is 12.0 Å². The van der Waals surface area contributed by atoms with Crippen LogP contribution in [0.1, 0.15) is 62.5 Å². The summed E-state index contributed by atoms with van der Waals surface area (Å²) in [6.45, 7) is 6.63. The van der Waals surface area contributed by atoms with E-state index in [1.165, 1.54) is 18.4 Å². The van der Waals surface area contributed by atoms with Gasteiger partial charge in [-0.3, -0.25) is 4.98 Å². The standard InChI is InChI=1S/C18H26N4S2/c1-5-7-13(6-2)14-8-9-20-15(10-14)12(3)24-18-21-16(19)11-17(22-18)23-4/h8-13H,5-7H2,1-4H3,(H2,19,21,22). The lowest BCUT2D eigenvalue weighted by molar-refractivity contribution is 0.594. The van der Waals surface area contributed by atoms with E-state index in [2.05, 4.69) is 47.9 Å². The molecule has 0 radical (unpaired) electrons. The first-order valence-corrected chi connectivity index (χ1v) is 10.5. The lowest BCUT2D eigenvalue weighted by atomic mass is 9.92. The summed E-state index contributed by atoms with van der Waals surface area (Å²) < 4.78 is 0. The highest BCUT2D eigenvalue weighted by molar-refractivity contribution is 7.99. The van der Waals surface area contributed by atoms with Crippen molar-refractivity contribution in [3.8, 4) is 0 Å². The van der Waals surface area contributed by atoms with Crippen LogP contribution in [-0.4, -0.2) is 21.2 Å². The van der Waals surface area contributed by atoms with Crippen LogP contribution in [0.5, 0.6) is 0 Å². The molecule has 2 unspecified atom stereocenters. The van der Waals surface area contributed by atoms with Gasteiger partial charge in [-0.05, 0) is 49.6 Å². The SMILES string of the molecule is CCCC(CC)c1ccnc(C(C)Sc2nc(N)cc(SC)n2)c1. The van der Waals surface area contributed by atoms with Crippen LogP contribution in [0.3, 0.4) is 0 Å². The molecule has 0 bridgehead atoms. The highest BCUT2D eigenvalue weighted by Gasteiger charge is 2.15. The Morgan fingerprint density at radius 3 is 2.67 bits per heavy atom. The van der Waals surface area contributed by atoms with Crippen molar-refractivity contribution in [3.63, 3.8) is 0 Å². The molecule has 2 rings (SSSR count). The normalized spacial score (nSPS) is 13.7. The van der Waals surface area contributed by atoms with Gasteiger partial charge in [0.1, 0.15) is 10.8 Å². The average Bonchev–Trinajstić information content (AvgIpc) is 2.59. The van der Waals surface area contributed by atoms with Crippen molar-refractivity contribution in [1.82, 2.24) is 15.0 Å². The van der Waals surface area contributed by atoms with Crippen molar-refractivity contribution in [2.45, 2.75) is 61.4 Å². The molecule has 2 aromatic heterocycles. The zero-order valence-electron chi connectivity index (χ0n) is 14.8. The number of anilines is 1. The lowest BCUT2D eigenvalue weighted by Crippen LogP contribution is -2.02. The number of nitrogens with zero attached hydrogens (tertiary/aromatic N) is 3. The van der Waals surface area contributed by atoms with E-state index in [0.717, 1.165) is 17.1 Å². The maximum absolute atomic E-state index is 5.87. The molecule has 0 aliphatic carbocycles. The number of hydrogen-bond donors (Lipinski definition) is 1. The van der Waals surface area contributed by atoms with Crippen LogP contribution in [0.4, 0.5) is 5.82 Å². The summed E-state index contributed by atoms with van der Waals surface area (Å²) in [7, 11) is 0. The number of rotatable bonds is 8. The number of aromatic nitrogens is 3. The summed E-state index contributed by atoms with van der Waals surface area (Å²) in [6, 6.07) is 6.19. The number of hydrogen-bond acceptors (Lipinski definition) is 6. The Labute approximate surface area is 153 Å². The molecule has 0 fully saturated rings. The van der Waals surface area contributed by atoms with Crippen molar-refractivity contribution >= 4 is 29.3 Å². The molecule has 0 spiro atoms. The highest BCUT2D eigenvalue weighted by atomic mass is 32.2. The Kier molecular flexibility index (Phi) is 7.37. The smallest absolute Gasteiger partial charge is 0.191 e. The van der Waals surface area contributed by atoms with Gasteiger partial charge in [0.15, 0.2) is 5.16 Å². The number of pyridine rings is 1. The van der Waals surface area contributed by atoms with Crippen LogP contribution in [0.25, 0.3) is 0 Å². The Hall–Kier alpha value is -1.27. The third-order valence-corrected chi connectivity index (χ3v) is 5.63. The second-order valence-corrected chi connectivity index (χ2v) is 7.92. The topological polar surface area (TPSA) is 64.7 Å². The largest absolute Gasteiger partial charge is 0.384 e. The van der Waals surface area contributed by atoms with Gasteiger partial charge in [0, 0.05) is 12.3 Å². The molecular formula is C18H26N4S2. The summed E-state index contributed by atoms with van der Waals surface area (Å²) in [5, 5.41) is 1.79. The third-order valence-electron chi connectivity index (χ3n) is 4.02. The van der Waals surface area contributed by atoms with Gasteiger partial charge in [-0.15, -0.1) is 11.8 Å². The van der Waals surface area contributed by atoms with Gasteiger partial charge < -0.3 is 5.73 Å². The van der Waals surface area contributed by atoms with E-state index in [4.69, 9.17) is 5.73 Å². The predicted molar refractivity (Wildman–Crippen MR) is 105 cm³/mol. The summed E-state index contributed by atoms with van der Waals surface area (Å²) in [5.74, 6) is 1.13. The maximum Gasteiger partial charge on any atom is 0.191 e. The first-order valence-electron chi connectivity index (χ1n) is 8.38. The molecule has 2 aromatic rings. The van der Waals surface area contributed by atoms with E-state index in [0.29, 0.717) is 16.9 Å². The minimum atomic E-state index is 0.181.